The molecule has 0 saturated carbocycles. The van der Waals surface area contributed by atoms with Crippen LogP contribution in [0.15, 0.2) is 72.1 Å². The molecule has 1 fully saturated rings. The molecule has 1 aliphatic heterocycles. The van der Waals surface area contributed by atoms with Gasteiger partial charge in [0, 0.05) is 24.4 Å². The van der Waals surface area contributed by atoms with Crippen molar-refractivity contribution in [3.05, 3.63) is 83.2 Å². The van der Waals surface area contributed by atoms with Gasteiger partial charge in [-0.05, 0) is 47.4 Å². The second-order valence-corrected chi connectivity index (χ2v) is 9.00. The lowest BCUT2D eigenvalue weighted by Crippen LogP contribution is -2.42. The Morgan fingerprint density at radius 1 is 1.00 bits per heavy atom. The molecule has 1 aromatic heterocycles. The topological polar surface area (TPSA) is 63.4 Å². The standard InChI is InChI=1S/C25H26N2O2S/c26-24(29)25(17-20-8-4-9-21(16-20)22-10-5-15-30-22)13-14-27(18-25)23(28)12-11-19-6-2-1-3-7-19/h1-10,15-16H,11-14,17-18H2,(H2,26,29)/t25-/m1/s1. The average molecular weight is 419 g/mol. The summed E-state index contributed by atoms with van der Waals surface area (Å²) < 4.78 is 0. The zero-order valence-corrected chi connectivity index (χ0v) is 17.7. The summed E-state index contributed by atoms with van der Waals surface area (Å²) in [7, 11) is 0. The van der Waals surface area contributed by atoms with Gasteiger partial charge in [-0.2, -0.15) is 0 Å². The minimum atomic E-state index is -0.698. The molecule has 4 rings (SSSR count). The quantitative estimate of drug-likeness (QED) is 0.622. The van der Waals surface area contributed by atoms with Gasteiger partial charge in [0.2, 0.25) is 11.8 Å². The predicted octanol–water partition coefficient (Wildman–Crippen LogP) is 4.29. The van der Waals surface area contributed by atoms with Crippen LogP contribution >= 0.6 is 11.3 Å². The summed E-state index contributed by atoms with van der Waals surface area (Å²) in [5.41, 5.74) is 8.55. The number of carbonyl (C=O) groups excluding carboxylic acids is 2. The lowest BCUT2D eigenvalue weighted by molar-refractivity contribution is -0.132. The Kier molecular flexibility index (Phi) is 6.00. The highest BCUT2D eigenvalue weighted by Gasteiger charge is 2.44. The van der Waals surface area contributed by atoms with E-state index in [1.54, 1.807) is 11.3 Å². The first-order valence-electron chi connectivity index (χ1n) is 10.3. The first-order valence-corrected chi connectivity index (χ1v) is 11.2. The molecule has 0 aliphatic carbocycles. The molecule has 1 aliphatic rings. The van der Waals surface area contributed by atoms with Gasteiger partial charge in [-0.25, -0.2) is 0 Å². The van der Waals surface area contributed by atoms with E-state index in [1.807, 2.05) is 53.4 Å². The number of hydrogen-bond acceptors (Lipinski definition) is 3. The van der Waals surface area contributed by atoms with Gasteiger partial charge in [0.05, 0.1) is 5.41 Å². The van der Waals surface area contributed by atoms with E-state index in [1.165, 1.54) is 4.88 Å². The highest BCUT2D eigenvalue weighted by atomic mass is 32.1. The third-order valence-corrected chi connectivity index (χ3v) is 6.89. The van der Waals surface area contributed by atoms with Crippen LogP contribution in [0.2, 0.25) is 0 Å². The van der Waals surface area contributed by atoms with E-state index in [2.05, 4.69) is 23.6 Å². The van der Waals surface area contributed by atoms with E-state index in [0.29, 0.717) is 38.8 Å². The molecule has 0 radical (unpaired) electrons. The molecule has 5 heteroatoms. The van der Waals surface area contributed by atoms with Gasteiger partial charge in [-0.1, -0.05) is 60.7 Å². The van der Waals surface area contributed by atoms with Crippen LogP contribution in [0.25, 0.3) is 10.4 Å². The number of rotatable bonds is 7. The van der Waals surface area contributed by atoms with E-state index in [-0.39, 0.29) is 11.8 Å². The lowest BCUT2D eigenvalue weighted by Gasteiger charge is -2.26. The number of nitrogens with two attached hydrogens (primary N) is 1. The molecule has 4 nitrogen and oxygen atoms in total. The number of nitrogens with zero attached hydrogens (tertiary/aromatic N) is 1. The smallest absolute Gasteiger partial charge is 0.225 e. The summed E-state index contributed by atoms with van der Waals surface area (Å²) in [6.45, 7) is 0.986. The van der Waals surface area contributed by atoms with Gasteiger partial charge in [0.15, 0.2) is 0 Å². The van der Waals surface area contributed by atoms with Crippen molar-refractivity contribution in [2.24, 2.45) is 11.1 Å². The van der Waals surface area contributed by atoms with E-state index in [4.69, 9.17) is 5.73 Å². The van der Waals surface area contributed by atoms with E-state index >= 15 is 0 Å². The maximum absolute atomic E-state index is 12.8. The summed E-state index contributed by atoms with van der Waals surface area (Å²) in [5.74, 6) is -0.225. The molecule has 154 valence electrons. The fourth-order valence-corrected chi connectivity index (χ4v) is 4.96. The Balaban J connectivity index is 1.44. The van der Waals surface area contributed by atoms with Crippen molar-refractivity contribution in [1.29, 1.82) is 0 Å². The van der Waals surface area contributed by atoms with Gasteiger partial charge in [-0.3, -0.25) is 9.59 Å². The van der Waals surface area contributed by atoms with E-state index in [0.717, 1.165) is 16.7 Å². The summed E-state index contributed by atoms with van der Waals surface area (Å²) >= 11 is 1.70. The third-order valence-electron chi connectivity index (χ3n) is 5.97. The molecule has 1 saturated heterocycles. The molecule has 0 bridgehead atoms. The number of thiophene rings is 1. The number of carbonyl (C=O) groups is 2. The van der Waals surface area contributed by atoms with Crippen LogP contribution in [-0.4, -0.2) is 29.8 Å². The van der Waals surface area contributed by atoms with Crippen LogP contribution in [0.5, 0.6) is 0 Å². The van der Waals surface area contributed by atoms with Crippen LogP contribution in [0.4, 0.5) is 0 Å². The van der Waals surface area contributed by atoms with Crippen molar-refractivity contribution in [2.75, 3.05) is 13.1 Å². The van der Waals surface area contributed by atoms with Gasteiger partial charge in [-0.15, -0.1) is 11.3 Å². The van der Waals surface area contributed by atoms with E-state index in [9.17, 15) is 9.59 Å². The third kappa shape index (κ3) is 4.46. The minimum Gasteiger partial charge on any atom is -0.369 e. The minimum absolute atomic E-state index is 0.0920. The summed E-state index contributed by atoms with van der Waals surface area (Å²) in [5, 5.41) is 2.06. The molecular weight excluding hydrogens is 392 g/mol. The zero-order valence-electron chi connectivity index (χ0n) is 16.9. The summed E-state index contributed by atoms with van der Waals surface area (Å²) in [6, 6.07) is 22.4. The number of primary amides is 1. The Morgan fingerprint density at radius 3 is 2.53 bits per heavy atom. The second-order valence-electron chi connectivity index (χ2n) is 8.05. The molecule has 2 N–H and O–H groups in total. The molecule has 0 spiro atoms. The Morgan fingerprint density at radius 2 is 1.80 bits per heavy atom. The number of benzene rings is 2. The number of likely N-dealkylation sites (tertiary alicyclic amines) is 1. The normalized spacial score (nSPS) is 18.5. The Labute approximate surface area is 181 Å². The van der Waals surface area contributed by atoms with Crippen molar-refractivity contribution in [3.8, 4) is 10.4 Å². The first kappa shape index (κ1) is 20.4. The Bertz CT molecular complexity index is 1020. The van der Waals surface area contributed by atoms with Crippen LogP contribution in [0.3, 0.4) is 0 Å². The first-order chi connectivity index (χ1) is 14.6. The maximum Gasteiger partial charge on any atom is 0.225 e. The van der Waals surface area contributed by atoms with Crippen molar-refractivity contribution in [2.45, 2.75) is 25.7 Å². The van der Waals surface area contributed by atoms with E-state index < -0.39 is 5.41 Å². The number of amides is 2. The molecule has 0 unspecified atom stereocenters. The largest absolute Gasteiger partial charge is 0.369 e. The zero-order chi connectivity index (χ0) is 21.0. The van der Waals surface area contributed by atoms with Crippen molar-refractivity contribution in [1.82, 2.24) is 4.90 Å². The van der Waals surface area contributed by atoms with Gasteiger partial charge in [0.1, 0.15) is 0 Å². The molecular formula is C25H26N2O2S. The fraction of sp³-hybridized carbons (Fsp3) is 0.280. The fourth-order valence-electron chi connectivity index (χ4n) is 4.24. The van der Waals surface area contributed by atoms with Gasteiger partial charge < -0.3 is 10.6 Å². The Hall–Kier alpha value is -2.92. The van der Waals surface area contributed by atoms with Crippen molar-refractivity contribution < 1.29 is 9.59 Å². The average Bonchev–Trinajstić information content (AvgIpc) is 3.44. The van der Waals surface area contributed by atoms with Crippen molar-refractivity contribution in [3.63, 3.8) is 0 Å². The van der Waals surface area contributed by atoms with Crippen LogP contribution in [0.1, 0.15) is 24.0 Å². The molecule has 2 amide bonds. The summed E-state index contributed by atoms with van der Waals surface area (Å²) in [4.78, 5) is 28.3. The molecule has 2 aromatic carbocycles. The lowest BCUT2D eigenvalue weighted by atomic mass is 9.80. The maximum atomic E-state index is 12.8. The molecule has 30 heavy (non-hydrogen) atoms. The molecule has 2 heterocycles. The molecule has 1 atom stereocenters. The van der Waals surface area contributed by atoms with Crippen molar-refractivity contribution >= 4 is 23.2 Å². The highest BCUT2D eigenvalue weighted by molar-refractivity contribution is 7.13. The highest BCUT2D eigenvalue weighted by Crippen LogP contribution is 2.36. The van der Waals surface area contributed by atoms with Crippen LogP contribution < -0.4 is 5.73 Å². The second kappa shape index (κ2) is 8.84. The molecule has 3 aromatic rings. The van der Waals surface area contributed by atoms with Gasteiger partial charge in [0.25, 0.3) is 0 Å². The summed E-state index contributed by atoms with van der Waals surface area (Å²) in [6.07, 6.45) is 2.34. The van der Waals surface area contributed by atoms with Crippen LogP contribution in [0, 0.1) is 5.41 Å². The SMILES string of the molecule is NC(=O)[C@@]1(Cc2cccc(-c3cccs3)c2)CCN(C(=O)CCc2ccccc2)C1. The number of aryl methyl sites for hydroxylation is 1. The van der Waals surface area contributed by atoms with Crippen LogP contribution in [-0.2, 0) is 22.4 Å². The monoisotopic (exact) mass is 418 g/mol. The predicted molar refractivity (Wildman–Crippen MR) is 121 cm³/mol. The van der Waals surface area contributed by atoms with Gasteiger partial charge >= 0.3 is 0 Å². The number of hydrogen-bond donors (Lipinski definition) is 1.